The van der Waals surface area contributed by atoms with E-state index >= 15 is 0 Å². The minimum atomic E-state index is -0.398. The maximum atomic E-state index is 11.9. The summed E-state index contributed by atoms with van der Waals surface area (Å²) >= 11 is 0. The number of nitrogens with one attached hydrogen (secondary N) is 2. The third-order valence-corrected chi connectivity index (χ3v) is 4.90. The molecule has 1 saturated carbocycles. The number of hydrogen-bond donors (Lipinski definition) is 2. The van der Waals surface area contributed by atoms with Crippen molar-refractivity contribution >= 4 is 29.5 Å². The van der Waals surface area contributed by atoms with E-state index in [1.54, 1.807) is 23.0 Å². The standard InChI is InChI=1S/C20H19N7O3.CH4/c1-11(15-4-2-3-7-21-15)30-20-25-17-13(8-12-9-16(28)24-18(12)29)10-22-27(17)19(26-20)23-14-5-6-14;/h2-4,7-8,10-11,14H,5-6,9H2,1H3,(H,23,25,26)(H,24,28,29);1H4/b12-8+;/t11-;/m1./s1. The zero-order valence-corrected chi connectivity index (χ0v) is 16.2. The van der Waals surface area contributed by atoms with Gasteiger partial charge in [0, 0.05) is 23.4 Å². The fraction of sp³-hybridized carbons (Fsp3) is 0.333. The van der Waals surface area contributed by atoms with Crippen LogP contribution < -0.4 is 15.4 Å². The lowest BCUT2D eigenvalue weighted by Gasteiger charge is -2.14. The van der Waals surface area contributed by atoms with Crippen molar-refractivity contribution in [1.82, 2.24) is 29.9 Å². The van der Waals surface area contributed by atoms with Gasteiger partial charge in [0.05, 0.1) is 18.3 Å². The molecule has 0 radical (unpaired) electrons. The fourth-order valence-corrected chi connectivity index (χ4v) is 3.18. The van der Waals surface area contributed by atoms with E-state index in [9.17, 15) is 9.59 Å². The van der Waals surface area contributed by atoms with E-state index in [-0.39, 0.29) is 31.9 Å². The Morgan fingerprint density at radius 1 is 1.29 bits per heavy atom. The molecule has 1 atom stereocenters. The van der Waals surface area contributed by atoms with Gasteiger partial charge in [0.15, 0.2) is 5.65 Å². The molecule has 1 aliphatic carbocycles. The Labute approximate surface area is 178 Å². The number of fused-ring (bicyclic) bond motifs is 1. The summed E-state index contributed by atoms with van der Waals surface area (Å²) < 4.78 is 7.54. The lowest BCUT2D eigenvalue weighted by atomic mass is 10.1. The predicted octanol–water partition coefficient (Wildman–Crippen LogP) is 2.30. The first-order chi connectivity index (χ1) is 14.6. The molecule has 1 aliphatic heterocycles. The second-order valence-electron chi connectivity index (χ2n) is 7.32. The van der Waals surface area contributed by atoms with Crippen LogP contribution in [0.5, 0.6) is 6.01 Å². The molecule has 2 aliphatic rings. The van der Waals surface area contributed by atoms with E-state index in [0.29, 0.717) is 28.8 Å². The van der Waals surface area contributed by atoms with Crippen molar-refractivity contribution in [2.75, 3.05) is 5.32 Å². The molecule has 10 nitrogen and oxygen atoms in total. The second-order valence-corrected chi connectivity index (χ2v) is 7.32. The number of carbonyl (C=O) groups excluding carboxylic acids is 2. The molecule has 0 unspecified atom stereocenters. The van der Waals surface area contributed by atoms with Crippen molar-refractivity contribution < 1.29 is 14.3 Å². The average molecular weight is 421 g/mol. The van der Waals surface area contributed by atoms with Gasteiger partial charge >= 0.3 is 6.01 Å². The molecule has 10 heteroatoms. The van der Waals surface area contributed by atoms with Gasteiger partial charge in [-0.05, 0) is 38.0 Å². The minimum Gasteiger partial charge on any atom is -0.454 e. The summed E-state index contributed by atoms with van der Waals surface area (Å²) in [5, 5.41) is 9.98. The van der Waals surface area contributed by atoms with E-state index in [1.807, 2.05) is 25.1 Å². The van der Waals surface area contributed by atoms with Crippen LogP contribution >= 0.6 is 0 Å². The summed E-state index contributed by atoms with van der Waals surface area (Å²) in [4.78, 5) is 36.7. The van der Waals surface area contributed by atoms with E-state index < -0.39 is 5.91 Å². The molecular formula is C21H23N7O3. The SMILES string of the molecule is C.C[C@@H](Oc1nc(NC2CC2)n2ncc(/C=C3\CC(=O)NC3=O)c2n1)c1ccccn1. The molecule has 4 heterocycles. The van der Waals surface area contributed by atoms with Crippen LogP contribution in [0.25, 0.3) is 11.7 Å². The number of carbonyl (C=O) groups is 2. The molecule has 5 rings (SSSR count). The Balaban J connectivity index is 0.00000231. The molecule has 0 bridgehead atoms. The highest BCUT2D eigenvalue weighted by Gasteiger charge is 2.26. The number of pyridine rings is 1. The smallest absolute Gasteiger partial charge is 0.322 e. The van der Waals surface area contributed by atoms with Gasteiger partial charge in [0.1, 0.15) is 6.10 Å². The van der Waals surface area contributed by atoms with Crippen LogP contribution in [-0.2, 0) is 9.59 Å². The molecule has 1 saturated heterocycles. The van der Waals surface area contributed by atoms with Crippen molar-refractivity contribution in [3.63, 3.8) is 0 Å². The number of anilines is 1. The van der Waals surface area contributed by atoms with E-state index in [2.05, 4.69) is 30.7 Å². The maximum absolute atomic E-state index is 11.9. The van der Waals surface area contributed by atoms with Crippen LogP contribution in [0, 0.1) is 0 Å². The highest BCUT2D eigenvalue weighted by atomic mass is 16.5. The second kappa shape index (κ2) is 8.13. The van der Waals surface area contributed by atoms with Gasteiger partial charge in [-0.1, -0.05) is 13.5 Å². The number of nitrogens with zero attached hydrogens (tertiary/aromatic N) is 5. The predicted molar refractivity (Wildman–Crippen MR) is 113 cm³/mol. The van der Waals surface area contributed by atoms with Crippen molar-refractivity contribution in [3.8, 4) is 6.01 Å². The van der Waals surface area contributed by atoms with Crippen LogP contribution in [0.3, 0.4) is 0 Å². The topological polar surface area (TPSA) is 123 Å². The summed E-state index contributed by atoms with van der Waals surface area (Å²) in [5.41, 5.74) is 2.21. The van der Waals surface area contributed by atoms with Gasteiger partial charge in [-0.25, -0.2) is 0 Å². The Kier molecular flexibility index (Phi) is 5.37. The number of amides is 2. The molecule has 2 N–H and O–H groups in total. The molecule has 3 aromatic rings. The van der Waals surface area contributed by atoms with Gasteiger partial charge in [-0.15, -0.1) is 0 Å². The summed E-state index contributed by atoms with van der Waals surface area (Å²) in [7, 11) is 0. The van der Waals surface area contributed by atoms with Gasteiger partial charge in [-0.2, -0.15) is 19.6 Å². The molecule has 31 heavy (non-hydrogen) atoms. The summed E-state index contributed by atoms with van der Waals surface area (Å²) in [5.74, 6) is -0.200. The van der Waals surface area contributed by atoms with Crippen molar-refractivity contribution in [2.24, 2.45) is 0 Å². The molecular weight excluding hydrogens is 398 g/mol. The number of rotatable bonds is 6. The summed E-state index contributed by atoms with van der Waals surface area (Å²) in [6.07, 6.45) is 6.73. The normalized spacial score (nSPS) is 18.0. The van der Waals surface area contributed by atoms with Crippen molar-refractivity contribution in [1.29, 1.82) is 0 Å². The number of imide groups is 1. The van der Waals surface area contributed by atoms with E-state index in [1.165, 1.54) is 0 Å². The van der Waals surface area contributed by atoms with Gasteiger partial charge in [0.2, 0.25) is 11.9 Å². The minimum absolute atomic E-state index is 0. The Morgan fingerprint density at radius 3 is 2.81 bits per heavy atom. The van der Waals surface area contributed by atoms with Gasteiger partial charge < -0.3 is 10.1 Å². The zero-order chi connectivity index (χ0) is 20.7. The van der Waals surface area contributed by atoms with Crippen LogP contribution in [-0.4, -0.2) is 42.4 Å². The quantitative estimate of drug-likeness (QED) is 0.459. The van der Waals surface area contributed by atoms with E-state index in [0.717, 1.165) is 18.5 Å². The highest BCUT2D eigenvalue weighted by molar-refractivity contribution is 6.15. The summed E-state index contributed by atoms with van der Waals surface area (Å²) in [6.45, 7) is 1.87. The lowest BCUT2D eigenvalue weighted by molar-refractivity contribution is -0.124. The highest BCUT2D eigenvalue weighted by Crippen LogP contribution is 2.27. The maximum Gasteiger partial charge on any atom is 0.322 e. The van der Waals surface area contributed by atoms with Crippen molar-refractivity contribution in [3.05, 3.63) is 47.4 Å². The molecule has 0 aromatic carbocycles. The Morgan fingerprint density at radius 2 is 2.13 bits per heavy atom. The molecule has 0 spiro atoms. The van der Waals surface area contributed by atoms with Crippen LogP contribution in [0.4, 0.5) is 5.95 Å². The Bertz CT molecular complexity index is 1170. The largest absolute Gasteiger partial charge is 0.454 e. The molecule has 160 valence electrons. The third kappa shape index (κ3) is 4.23. The van der Waals surface area contributed by atoms with Gasteiger partial charge in [0.25, 0.3) is 5.91 Å². The zero-order valence-electron chi connectivity index (χ0n) is 16.2. The van der Waals surface area contributed by atoms with E-state index in [4.69, 9.17) is 4.74 Å². The summed E-state index contributed by atoms with van der Waals surface area (Å²) in [6, 6.07) is 6.12. The number of hydrogen-bond acceptors (Lipinski definition) is 8. The number of ether oxygens (including phenoxy) is 1. The first-order valence-electron chi connectivity index (χ1n) is 9.71. The van der Waals surface area contributed by atoms with Crippen LogP contribution in [0.1, 0.15) is 51.0 Å². The molecule has 3 aromatic heterocycles. The van der Waals surface area contributed by atoms with Crippen LogP contribution in [0.15, 0.2) is 36.2 Å². The third-order valence-electron chi connectivity index (χ3n) is 4.90. The van der Waals surface area contributed by atoms with Gasteiger partial charge in [-0.3, -0.25) is 19.9 Å². The average Bonchev–Trinajstić information content (AvgIpc) is 3.37. The number of aromatic nitrogens is 5. The van der Waals surface area contributed by atoms with Crippen molar-refractivity contribution in [2.45, 2.75) is 45.8 Å². The Hall–Kier alpha value is -3.82. The monoisotopic (exact) mass is 421 g/mol. The van der Waals surface area contributed by atoms with Crippen LogP contribution in [0.2, 0.25) is 0 Å². The first-order valence-corrected chi connectivity index (χ1v) is 9.71. The first kappa shape index (κ1) is 20.5. The molecule has 2 fully saturated rings. The molecule has 2 amide bonds. The lowest BCUT2D eigenvalue weighted by Crippen LogP contribution is -2.19. The fourth-order valence-electron chi connectivity index (χ4n) is 3.18.